The highest BCUT2D eigenvalue weighted by Crippen LogP contribution is 2.36. The van der Waals surface area contributed by atoms with Gasteiger partial charge in [-0.3, -0.25) is 9.36 Å². The third-order valence-corrected chi connectivity index (χ3v) is 7.41. The number of thioether (sulfide) groups is 1. The maximum absolute atomic E-state index is 13.8. The number of thiophene rings is 1. The molecule has 0 bridgehead atoms. The first-order valence-electron chi connectivity index (χ1n) is 10.1. The van der Waals surface area contributed by atoms with Crippen LogP contribution in [0.5, 0.6) is 0 Å². The molecule has 0 radical (unpaired) electrons. The minimum absolute atomic E-state index is 0.00146. The lowest BCUT2D eigenvalue weighted by atomic mass is 9.96. The minimum Gasteiger partial charge on any atom is -0.372 e. The number of aromatic nitrogens is 2. The Bertz CT molecular complexity index is 1180. The normalized spacial score (nSPS) is 17.0. The predicted molar refractivity (Wildman–Crippen MR) is 127 cm³/mol. The Morgan fingerprint density at radius 1 is 1.47 bits per heavy atom. The van der Waals surface area contributed by atoms with Crippen molar-refractivity contribution in [1.29, 1.82) is 0 Å². The van der Waals surface area contributed by atoms with Crippen LogP contribution in [0.4, 0.5) is 0 Å². The van der Waals surface area contributed by atoms with Gasteiger partial charge in [0, 0.05) is 22.1 Å². The standard InChI is InChI=1S/C23H25ClN2O2S2/c1-13(2)18-11-17-19(12-28-18)30-21-20(17)22(27)26(16-7-5-6-14(3)10-16)23(25-21)29-9-8-15(4)24/h5-8,10,13,18H,9,11-12H2,1-4H3/b15-8+/t18-/m0/s1. The van der Waals surface area contributed by atoms with E-state index in [1.165, 1.54) is 11.8 Å². The monoisotopic (exact) mass is 460 g/mol. The van der Waals surface area contributed by atoms with Gasteiger partial charge in [0.15, 0.2) is 5.16 Å². The van der Waals surface area contributed by atoms with Gasteiger partial charge in [0.2, 0.25) is 0 Å². The van der Waals surface area contributed by atoms with E-state index >= 15 is 0 Å². The van der Waals surface area contributed by atoms with Crippen molar-refractivity contribution in [2.75, 3.05) is 5.75 Å². The molecule has 0 spiro atoms. The number of allylic oxidation sites excluding steroid dienone is 1. The van der Waals surface area contributed by atoms with Crippen molar-refractivity contribution in [3.05, 3.63) is 61.7 Å². The van der Waals surface area contributed by atoms with E-state index in [0.717, 1.165) is 43.4 Å². The van der Waals surface area contributed by atoms with Crippen molar-refractivity contribution in [2.24, 2.45) is 5.92 Å². The van der Waals surface area contributed by atoms with Crippen LogP contribution in [-0.4, -0.2) is 21.4 Å². The Labute approximate surface area is 189 Å². The van der Waals surface area contributed by atoms with Crippen molar-refractivity contribution < 1.29 is 4.74 Å². The van der Waals surface area contributed by atoms with Crippen molar-refractivity contribution in [3.63, 3.8) is 0 Å². The highest BCUT2D eigenvalue weighted by molar-refractivity contribution is 7.99. The molecule has 1 atom stereocenters. The second-order valence-corrected chi connectivity index (χ2v) is 10.6. The molecule has 1 aromatic carbocycles. The smallest absolute Gasteiger partial charge is 0.267 e. The van der Waals surface area contributed by atoms with E-state index in [0.29, 0.717) is 23.4 Å². The maximum atomic E-state index is 13.8. The third-order valence-electron chi connectivity index (χ3n) is 5.29. The van der Waals surface area contributed by atoms with Gasteiger partial charge >= 0.3 is 0 Å². The average molecular weight is 461 g/mol. The molecule has 1 aliphatic rings. The first-order chi connectivity index (χ1) is 14.3. The summed E-state index contributed by atoms with van der Waals surface area (Å²) in [4.78, 5) is 20.7. The molecule has 0 fully saturated rings. The third kappa shape index (κ3) is 4.24. The molecule has 4 rings (SSSR count). The number of fused-ring (bicyclic) bond motifs is 3. The van der Waals surface area contributed by atoms with Gasteiger partial charge in [-0.2, -0.15) is 0 Å². The number of rotatable bonds is 5. The lowest BCUT2D eigenvalue weighted by molar-refractivity contribution is 0.00200. The molecule has 2 aromatic heterocycles. The first-order valence-corrected chi connectivity index (χ1v) is 12.2. The van der Waals surface area contributed by atoms with Crippen molar-refractivity contribution in [1.82, 2.24) is 9.55 Å². The second-order valence-electron chi connectivity index (χ2n) is 7.96. The average Bonchev–Trinajstić information content (AvgIpc) is 3.05. The SMILES string of the molecule is C/C(Cl)=C\CSc1nc2sc3c(c2c(=O)n1-c1cccc(C)c1)C[C@@H](C(C)C)OC3. The fourth-order valence-corrected chi connectivity index (χ4v) is 5.95. The van der Waals surface area contributed by atoms with Gasteiger partial charge in [0.05, 0.1) is 23.8 Å². The van der Waals surface area contributed by atoms with Crippen LogP contribution in [0, 0.1) is 12.8 Å². The number of benzene rings is 1. The van der Waals surface area contributed by atoms with Crippen LogP contribution < -0.4 is 5.56 Å². The molecule has 3 aromatic rings. The molecule has 0 N–H and O–H groups in total. The molecule has 0 saturated heterocycles. The molecule has 30 heavy (non-hydrogen) atoms. The highest BCUT2D eigenvalue weighted by Gasteiger charge is 2.28. The number of nitrogens with zero attached hydrogens (tertiary/aromatic N) is 2. The quantitative estimate of drug-likeness (QED) is 0.341. The zero-order chi connectivity index (χ0) is 21.4. The van der Waals surface area contributed by atoms with Crippen LogP contribution in [-0.2, 0) is 17.8 Å². The highest BCUT2D eigenvalue weighted by atomic mass is 35.5. The van der Waals surface area contributed by atoms with E-state index in [9.17, 15) is 4.79 Å². The fraction of sp³-hybridized carbons (Fsp3) is 0.391. The van der Waals surface area contributed by atoms with Gasteiger partial charge in [0.1, 0.15) is 4.83 Å². The van der Waals surface area contributed by atoms with Gasteiger partial charge in [0.25, 0.3) is 5.56 Å². The van der Waals surface area contributed by atoms with Crippen LogP contribution in [0.25, 0.3) is 15.9 Å². The molecule has 0 amide bonds. The van der Waals surface area contributed by atoms with E-state index in [4.69, 9.17) is 21.3 Å². The Morgan fingerprint density at radius 3 is 2.97 bits per heavy atom. The summed E-state index contributed by atoms with van der Waals surface area (Å²) in [6, 6.07) is 8.00. The van der Waals surface area contributed by atoms with E-state index in [1.807, 2.05) is 44.2 Å². The van der Waals surface area contributed by atoms with Crippen LogP contribution in [0.1, 0.15) is 36.8 Å². The molecule has 7 heteroatoms. The Morgan fingerprint density at radius 2 is 2.27 bits per heavy atom. The van der Waals surface area contributed by atoms with Gasteiger partial charge in [-0.25, -0.2) is 4.98 Å². The van der Waals surface area contributed by atoms with Crippen LogP contribution >= 0.6 is 34.7 Å². The Balaban J connectivity index is 1.91. The topological polar surface area (TPSA) is 44.1 Å². The molecule has 0 saturated carbocycles. The Hall–Kier alpha value is -1.60. The number of hydrogen-bond donors (Lipinski definition) is 0. The summed E-state index contributed by atoms with van der Waals surface area (Å²) in [6.07, 6.45) is 2.83. The fourth-order valence-electron chi connectivity index (χ4n) is 3.66. The summed E-state index contributed by atoms with van der Waals surface area (Å²) in [5, 5.41) is 2.17. The van der Waals surface area contributed by atoms with Crippen LogP contribution in [0.2, 0.25) is 0 Å². The lowest BCUT2D eigenvalue weighted by Crippen LogP contribution is -2.28. The van der Waals surface area contributed by atoms with Crippen LogP contribution in [0.3, 0.4) is 0 Å². The van der Waals surface area contributed by atoms with E-state index < -0.39 is 0 Å². The largest absolute Gasteiger partial charge is 0.372 e. The summed E-state index contributed by atoms with van der Waals surface area (Å²) >= 11 is 9.11. The molecule has 1 aliphatic heterocycles. The number of aryl methyl sites for hydroxylation is 1. The summed E-state index contributed by atoms with van der Waals surface area (Å²) in [7, 11) is 0. The lowest BCUT2D eigenvalue weighted by Gasteiger charge is -2.26. The molecule has 3 heterocycles. The first kappa shape index (κ1) is 21.6. The van der Waals surface area contributed by atoms with E-state index in [2.05, 4.69) is 13.8 Å². The molecule has 158 valence electrons. The number of halogens is 1. The molecule has 4 nitrogen and oxygen atoms in total. The molecular weight excluding hydrogens is 436 g/mol. The summed E-state index contributed by atoms with van der Waals surface area (Å²) in [5.74, 6) is 1.06. The van der Waals surface area contributed by atoms with Crippen molar-refractivity contribution in [2.45, 2.75) is 52.0 Å². The molecule has 0 unspecified atom stereocenters. The predicted octanol–water partition coefficient (Wildman–Crippen LogP) is 6.09. The second kappa shape index (κ2) is 8.87. The van der Waals surface area contributed by atoms with Crippen molar-refractivity contribution in [3.8, 4) is 5.69 Å². The van der Waals surface area contributed by atoms with Crippen LogP contribution in [0.15, 0.2) is 45.3 Å². The van der Waals surface area contributed by atoms with E-state index in [-0.39, 0.29) is 11.7 Å². The molecule has 0 aliphatic carbocycles. The van der Waals surface area contributed by atoms with E-state index in [1.54, 1.807) is 15.9 Å². The van der Waals surface area contributed by atoms with Gasteiger partial charge in [-0.15, -0.1) is 11.3 Å². The van der Waals surface area contributed by atoms with Gasteiger partial charge < -0.3 is 4.74 Å². The van der Waals surface area contributed by atoms with Gasteiger partial charge in [-0.1, -0.05) is 55.4 Å². The number of hydrogen-bond acceptors (Lipinski definition) is 5. The van der Waals surface area contributed by atoms with Gasteiger partial charge in [-0.05, 0) is 43.0 Å². The maximum Gasteiger partial charge on any atom is 0.267 e. The zero-order valence-electron chi connectivity index (χ0n) is 17.6. The van der Waals surface area contributed by atoms with Crippen molar-refractivity contribution >= 4 is 44.9 Å². The minimum atomic E-state index is 0.00146. The summed E-state index contributed by atoms with van der Waals surface area (Å²) < 4.78 is 7.79. The Kier molecular flexibility index (Phi) is 6.39. The summed E-state index contributed by atoms with van der Waals surface area (Å²) in [5.41, 5.74) is 3.07. The molecular formula is C23H25ClN2O2S2. The summed E-state index contributed by atoms with van der Waals surface area (Å²) in [6.45, 7) is 8.76. The number of ether oxygens (including phenoxy) is 1. The zero-order valence-corrected chi connectivity index (χ0v) is 20.0.